The van der Waals surface area contributed by atoms with Crippen LogP contribution in [0, 0.1) is 6.92 Å². The zero-order valence-corrected chi connectivity index (χ0v) is 7.06. The van der Waals surface area contributed by atoms with E-state index in [1.54, 1.807) is 28.9 Å². The molecule has 0 fully saturated rings. The molecule has 0 spiro atoms. The summed E-state index contributed by atoms with van der Waals surface area (Å²) in [5.41, 5.74) is 1.54. The molecule has 1 N–H and O–H groups in total. The summed E-state index contributed by atoms with van der Waals surface area (Å²) in [5.74, 6) is -0.948. The fourth-order valence-corrected chi connectivity index (χ4v) is 1.30. The molecule has 4 heteroatoms. The third-order valence-corrected chi connectivity index (χ3v) is 1.83. The van der Waals surface area contributed by atoms with Gasteiger partial charge in [-0.05, 0) is 19.1 Å². The fourth-order valence-electron chi connectivity index (χ4n) is 1.30. The Morgan fingerprint density at radius 2 is 2.38 bits per heavy atom. The number of carboxylic acid groups (broad SMARTS) is 1. The second-order valence-electron chi connectivity index (χ2n) is 2.84. The Morgan fingerprint density at radius 1 is 1.62 bits per heavy atom. The maximum atomic E-state index is 10.8. The Labute approximate surface area is 74.5 Å². The molecule has 2 rings (SSSR count). The molecule has 2 aromatic rings. The minimum atomic E-state index is -0.948. The van der Waals surface area contributed by atoms with Gasteiger partial charge in [-0.2, -0.15) is 0 Å². The third-order valence-electron chi connectivity index (χ3n) is 1.83. The predicted octanol–water partition coefficient (Wildman–Crippen LogP) is 1.34. The lowest BCUT2D eigenvalue weighted by molar-refractivity contribution is 0.0698. The van der Waals surface area contributed by atoms with Crippen LogP contribution in [0.1, 0.15) is 16.1 Å². The average molecular weight is 176 g/mol. The molecule has 0 amide bonds. The van der Waals surface area contributed by atoms with Crippen LogP contribution in [0.5, 0.6) is 0 Å². The molecular formula is C9H8N2O2. The first kappa shape index (κ1) is 7.79. The van der Waals surface area contributed by atoms with Crippen LogP contribution in [0.3, 0.4) is 0 Å². The molecule has 0 bridgehead atoms. The van der Waals surface area contributed by atoms with Crippen molar-refractivity contribution in [2.75, 3.05) is 0 Å². The SMILES string of the molecule is Cc1cn2cccc(C(=O)O)c2n1. The van der Waals surface area contributed by atoms with Gasteiger partial charge in [-0.25, -0.2) is 9.78 Å². The third kappa shape index (κ3) is 1.16. The molecule has 66 valence electrons. The molecule has 4 nitrogen and oxygen atoms in total. The Morgan fingerprint density at radius 3 is 3.08 bits per heavy atom. The van der Waals surface area contributed by atoms with Gasteiger partial charge in [0.25, 0.3) is 0 Å². The number of fused-ring (bicyclic) bond motifs is 1. The number of hydrogen-bond acceptors (Lipinski definition) is 2. The first-order valence-electron chi connectivity index (χ1n) is 3.86. The molecule has 2 aromatic heterocycles. The van der Waals surface area contributed by atoms with E-state index in [9.17, 15) is 4.79 Å². The molecule has 0 aliphatic carbocycles. The standard InChI is InChI=1S/C9H8N2O2/c1-6-5-11-4-2-3-7(9(12)13)8(11)10-6/h2-5H,1H3,(H,12,13). The molecule has 2 heterocycles. The number of carboxylic acids is 1. The van der Waals surface area contributed by atoms with E-state index < -0.39 is 5.97 Å². The zero-order valence-electron chi connectivity index (χ0n) is 7.06. The van der Waals surface area contributed by atoms with Crippen molar-refractivity contribution in [1.29, 1.82) is 0 Å². The highest BCUT2D eigenvalue weighted by Gasteiger charge is 2.09. The van der Waals surface area contributed by atoms with Gasteiger partial charge in [-0.15, -0.1) is 0 Å². The summed E-state index contributed by atoms with van der Waals surface area (Å²) in [6.07, 6.45) is 3.57. The fraction of sp³-hybridized carbons (Fsp3) is 0.111. The van der Waals surface area contributed by atoms with E-state index in [0.29, 0.717) is 5.65 Å². The number of carbonyl (C=O) groups is 1. The van der Waals surface area contributed by atoms with Crippen LogP contribution in [-0.2, 0) is 0 Å². The lowest BCUT2D eigenvalue weighted by Gasteiger charge is -1.96. The van der Waals surface area contributed by atoms with E-state index in [0.717, 1.165) is 5.69 Å². The van der Waals surface area contributed by atoms with E-state index in [-0.39, 0.29) is 5.56 Å². The van der Waals surface area contributed by atoms with Gasteiger partial charge in [0.1, 0.15) is 5.56 Å². The minimum Gasteiger partial charge on any atom is -0.478 e. The monoisotopic (exact) mass is 176 g/mol. The maximum absolute atomic E-state index is 10.8. The van der Waals surface area contributed by atoms with Crippen molar-refractivity contribution >= 4 is 11.6 Å². The Hall–Kier alpha value is -1.84. The lowest BCUT2D eigenvalue weighted by atomic mass is 10.3. The van der Waals surface area contributed by atoms with Gasteiger partial charge in [0.15, 0.2) is 5.65 Å². The van der Waals surface area contributed by atoms with Crippen LogP contribution in [0.4, 0.5) is 0 Å². The summed E-state index contributed by atoms with van der Waals surface area (Å²) in [4.78, 5) is 14.9. The smallest absolute Gasteiger partial charge is 0.339 e. The van der Waals surface area contributed by atoms with Crippen molar-refractivity contribution in [2.24, 2.45) is 0 Å². The normalized spacial score (nSPS) is 10.5. The molecule has 0 aliphatic rings. The van der Waals surface area contributed by atoms with Gasteiger partial charge in [0.2, 0.25) is 0 Å². The van der Waals surface area contributed by atoms with Crippen molar-refractivity contribution in [3.63, 3.8) is 0 Å². The highest BCUT2D eigenvalue weighted by molar-refractivity contribution is 5.94. The molecule has 0 atom stereocenters. The number of pyridine rings is 1. The van der Waals surface area contributed by atoms with E-state index in [4.69, 9.17) is 5.11 Å². The van der Waals surface area contributed by atoms with Crippen molar-refractivity contribution in [1.82, 2.24) is 9.38 Å². The van der Waals surface area contributed by atoms with Crippen LogP contribution in [-0.4, -0.2) is 20.5 Å². The van der Waals surface area contributed by atoms with E-state index >= 15 is 0 Å². The summed E-state index contributed by atoms with van der Waals surface area (Å²) in [6, 6.07) is 3.24. The number of aromatic nitrogens is 2. The Balaban J connectivity index is 2.82. The zero-order chi connectivity index (χ0) is 9.42. The summed E-state index contributed by atoms with van der Waals surface area (Å²) in [6.45, 7) is 1.83. The van der Waals surface area contributed by atoms with Gasteiger partial charge >= 0.3 is 5.97 Å². The van der Waals surface area contributed by atoms with Gasteiger partial charge in [-0.3, -0.25) is 0 Å². The second-order valence-corrected chi connectivity index (χ2v) is 2.84. The first-order chi connectivity index (χ1) is 6.18. The second kappa shape index (κ2) is 2.58. The average Bonchev–Trinajstić information content (AvgIpc) is 2.43. The van der Waals surface area contributed by atoms with E-state index in [1.165, 1.54) is 0 Å². The van der Waals surface area contributed by atoms with Crippen molar-refractivity contribution < 1.29 is 9.90 Å². The molecule has 0 saturated carbocycles. The summed E-state index contributed by atoms with van der Waals surface area (Å²) in [7, 11) is 0. The van der Waals surface area contributed by atoms with Gasteiger partial charge in [0.05, 0.1) is 5.69 Å². The number of aryl methyl sites for hydroxylation is 1. The van der Waals surface area contributed by atoms with Crippen LogP contribution in [0.2, 0.25) is 0 Å². The van der Waals surface area contributed by atoms with Gasteiger partial charge in [-0.1, -0.05) is 0 Å². The Kier molecular flexibility index (Phi) is 1.55. The van der Waals surface area contributed by atoms with Gasteiger partial charge < -0.3 is 9.51 Å². The van der Waals surface area contributed by atoms with Gasteiger partial charge in [0, 0.05) is 12.4 Å². The highest BCUT2D eigenvalue weighted by atomic mass is 16.4. The van der Waals surface area contributed by atoms with Crippen molar-refractivity contribution in [3.05, 3.63) is 35.8 Å². The molecule has 0 aromatic carbocycles. The number of imidazole rings is 1. The molecule has 0 saturated heterocycles. The topological polar surface area (TPSA) is 54.6 Å². The van der Waals surface area contributed by atoms with Crippen molar-refractivity contribution in [2.45, 2.75) is 6.92 Å². The van der Waals surface area contributed by atoms with Crippen LogP contribution in [0.25, 0.3) is 5.65 Å². The molecule has 0 unspecified atom stereocenters. The van der Waals surface area contributed by atoms with Crippen LogP contribution >= 0.6 is 0 Å². The van der Waals surface area contributed by atoms with E-state index in [2.05, 4.69) is 4.98 Å². The number of hydrogen-bond donors (Lipinski definition) is 1. The summed E-state index contributed by atoms with van der Waals surface area (Å²) < 4.78 is 1.71. The Bertz CT molecular complexity index is 473. The number of rotatable bonds is 1. The first-order valence-corrected chi connectivity index (χ1v) is 3.86. The quantitative estimate of drug-likeness (QED) is 0.713. The van der Waals surface area contributed by atoms with Crippen molar-refractivity contribution in [3.8, 4) is 0 Å². The predicted molar refractivity (Wildman–Crippen MR) is 46.9 cm³/mol. The highest BCUT2D eigenvalue weighted by Crippen LogP contribution is 2.10. The molecular weight excluding hydrogens is 168 g/mol. The number of nitrogens with zero attached hydrogens (tertiary/aromatic N) is 2. The molecule has 0 aliphatic heterocycles. The largest absolute Gasteiger partial charge is 0.478 e. The summed E-state index contributed by atoms with van der Waals surface area (Å²) in [5, 5.41) is 8.84. The van der Waals surface area contributed by atoms with Crippen LogP contribution < -0.4 is 0 Å². The van der Waals surface area contributed by atoms with Crippen LogP contribution in [0.15, 0.2) is 24.5 Å². The number of aromatic carboxylic acids is 1. The molecule has 0 radical (unpaired) electrons. The lowest BCUT2D eigenvalue weighted by Crippen LogP contribution is -1.99. The maximum Gasteiger partial charge on any atom is 0.339 e. The van der Waals surface area contributed by atoms with E-state index in [1.807, 2.05) is 6.92 Å². The summed E-state index contributed by atoms with van der Waals surface area (Å²) >= 11 is 0. The molecule has 13 heavy (non-hydrogen) atoms. The minimum absolute atomic E-state index is 0.232.